The minimum absolute atomic E-state index is 0.242. The van der Waals surface area contributed by atoms with Gasteiger partial charge < -0.3 is 20.1 Å². The van der Waals surface area contributed by atoms with Gasteiger partial charge >= 0.3 is 0 Å². The van der Waals surface area contributed by atoms with E-state index in [0.717, 1.165) is 74.7 Å². The average molecular weight is 534 g/mol. The zero-order valence-electron chi connectivity index (χ0n) is 23.7. The van der Waals surface area contributed by atoms with Crippen molar-refractivity contribution in [2.75, 3.05) is 44.4 Å². The molecule has 0 atom stereocenters. The molecule has 8 nitrogen and oxygen atoms in total. The molecular formula is C32H35N7O. The monoisotopic (exact) mass is 533 g/mol. The Balaban J connectivity index is 1.65. The van der Waals surface area contributed by atoms with Crippen LogP contribution in [0.15, 0.2) is 79.6 Å². The summed E-state index contributed by atoms with van der Waals surface area (Å²) in [5, 5.41) is 8.27. The first-order valence-electron chi connectivity index (χ1n) is 13.3. The molecule has 1 amide bonds. The Hall–Kier alpha value is -4.69. The molecule has 0 spiro atoms. The second kappa shape index (κ2) is 11.2. The molecule has 40 heavy (non-hydrogen) atoms. The number of carbonyl (C=O) groups is 1. The molecule has 5 aromatic rings. The lowest BCUT2D eigenvalue weighted by Crippen LogP contribution is -2.28. The van der Waals surface area contributed by atoms with Gasteiger partial charge in [-0.25, -0.2) is 4.98 Å². The van der Waals surface area contributed by atoms with Crippen LogP contribution in [-0.4, -0.2) is 64.8 Å². The molecule has 3 aromatic heterocycles. The van der Waals surface area contributed by atoms with E-state index in [9.17, 15) is 4.79 Å². The summed E-state index contributed by atoms with van der Waals surface area (Å²) in [6, 6.07) is 18.9. The molecular weight excluding hydrogens is 498 g/mol. The van der Waals surface area contributed by atoms with Crippen molar-refractivity contribution in [2.24, 2.45) is 7.05 Å². The van der Waals surface area contributed by atoms with Crippen LogP contribution in [0.3, 0.4) is 0 Å². The summed E-state index contributed by atoms with van der Waals surface area (Å²) in [5.74, 6) is -0.242. The van der Waals surface area contributed by atoms with Gasteiger partial charge in [0.15, 0.2) is 0 Å². The molecule has 0 aliphatic rings. The number of hydrogen-bond acceptors (Lipinski definition) is 5. The van der Waals surface area contributed by atoms with Crippen molar-refractivity contribution in [3.63, 3.8) is 0 Å². The molecule has 0 bridgehead atoms. The first-order chi connectivity index (χ1) is 19.2. The van der Waals surface area contributed by atoms with Gasteiger partial charge in [-0.3, -0.25) is 9.48 Å². The number of nitrogens with one attached hydrogen (secondary N) is 2. The van der Waals surface area contributed by atoms with Gasteiger partial charge in [-0.2, -0.15) is 5.10 Å². The summed E-state index contributed by atoms with van der Waals surface area (Å²) in [4.78, 5) is 25.0. The van der Waals surface area contributed by atoms with Gasteiger partial charge in [-0.05, 0) is 74.1 Å². The highest BCUT2D eigenvalue weighted by Gasteiger charge is 2.19. The van der Waals surface area contributed by atoms with Crippen LogP contribution in [0.2, 0.25) is 0 Å². The van der Waals surface area contributed by atoms with Crippen molar-refractivity contribution >= 4 is 28.3 Å². The summed E-state index contributed by atoms with van der Waals surface area (Å²) in [5.41, 5.74) is 9.65. The number of carbonyl (C=O) groups excluding carboxylic acids is 1. The number of anilines is 2. The SMILES string of the molecule is C=CC(=O)Nc1cc(-c2c(-c3ccc(N(C)CCN(C)C)cc3)[nH]c3ncc(-c4ccnn4C)cc23)ccc1C. The summed E-state index contributed by atoms with van der Waals surface area (Å²) in [6.07, 6.45) is 4.94. The fraction of sp³-hybridized carbons (Fsp3) is 0.219. The van der Waals surface area contributed by atoms with E-state index in [1.807, 2.05) is 43.0 Å². The first-order valence-corrected chi connectivity index (χ1v) is 13.3. The van der Waals surface area contributed by atoms with E-state index in [0.29, 0.717) is 0 Å². The Morgan fingerprint density at radius 1 is 1.02 bits per heavy atom. The lowest BCUT2D eigenvalue weighted by atomic mass is 9.96. The van der Waals surface area contributed by atoms with Crippen LogP contribution in [0, 0.1) is 6.92 Å². The number of aromatic nitrogens is 4. The molecule has 8 heteroatoms. The second-order valence-corrected chi connectivity index (χ2v) is 10.3. The highest BCUT2D eigenvalue weighted by Crippen LogP contribution is 2.40. The smallest absolute Gasteiger partial charge is 0.247 e. The molecule has 204 valence electrons. The van der Waals surface area contributed by atoms with Gasteiger partial charge in [0.1, 0.15) is 5.65 Å². The van der Waals surface area contributed by atoms with Crippen LogP contribution in [0.1, 0.15) is 5.56 Å². The number of H-pyrrole nitrogens is 1. The molecule has 2 aromatic carbocycles. The predicted molar refractivity (Wildman–Crippen MR) is 165 cm³/mol. The van der Waals surface area contributed by atoms with Gasteiger partial charge in [-0.15, -0.1) is 0 Å². The lowest BCUT2D eigenvalue weighted by Gasteiger charge is -2.21. The van der Waals surface area contributed by atoms with Crippen molar-refractivity contribution in [1.29, 1.82) is 0 Å². The zero-order chi connectivity index (χ0) is 28.4. The molecule has 0 radical (unpaired) electrons. The van der Waals surface area contributed by atoms with E-state index in [4.69, 9.17) is 4.98 Å². The molecule has 0 aliphatic carbocycles. The lowest BCUT2D eigenvalue weighted by molar-refractivity contribution is -0.111. The maximum atomic E-state index is 12.2. The standard InChI is InChI=1S/C32H35N7O/c1-7-29(40)35-27-19-23(9-8-21(27)2)30-26-18-24(28-14-15-34-39(28)6)20-33-32(26)36-31(30)22-10-12-25(13-11-22)38(5)17-16-37(3)4/h7-15,18-20H,1,16-17H2,2-6H3,(H,33,36)(H,35,40). The topological polar surface area (TPSA) is 82.1 Å². The molecule has 0 fully saturated rings. The number of fused-ring (bicyclic) bond motifs is 1. The molecule has 3 heterocycles. The zero-order valence-corrected chi connectivity index (χ0v) is 23.7. The summed E-state index contributed by atoms with van der Waals surface area (Å²) < 4.78 is 1.84. The number of pyridine rings is 1. The quantitative estimate of drug-likeness (QED) is 0.237. The van der Waals surface area contributed by atoms with E-state index < -0.39 is 0 Å². The van der Waals surface area contributed by atoms with Gasteiger partial charge in [0, 0.05) is 67.5 Å². The fourth-order valence-corrected chi connectivity index (χ4v) is 4.84. The highest BCUT2D eigenvalue weighted by molar-refractivity contribution is 6.05. The van der Waals surface area contributed by atoms with E-state index in [1.54, 1.807) is 6.20 Å². The molecule has 0 aliphatic heterocycles. The van der Waals surface area contributed by atoms with Crippen molar-refractivity contribution in [1.82, 2.24) is 24.6 Å². The Kier molecular flexibility index (Phi) is 7.53. The summed E-state index contributed by atoms with van der Waals surface area (Å²) >= 11 is 0. The highest BCUT2D eigenvalue weighted by atomic mass is 16.1. The third-order valence-electron chi connectivity index (χ3n) is 7.22. The van der Waals surface area contributed by atoms with Crippen LogP contribution in [-0.2, 0) is 11.8 Å². The number of benzene rings is 2. The van der Waals surface area contributed by atoms with Gasteiger partial charge in [0.2, 0.25) is 5.91 Å². The summed E-state index contributed by atoms with van der Waals surface area (Å²) in [7, 11) is 8.21. The Morgan fingerprint density at radius 2 is 1.77 bits per heavy atom. The number of aryl methyl sites for hydroxylation is 2. The van der Waals surface area contributed by atoms with Gasteiger partial charge in [0.05, 0.1) is 11.4 Å². The molecule has 0 saturated carbocycles. The number of amides is 1. The van der Waals surface area contributed by atoms with Crippen LogP contribution in [0.5, 0.6) is 0 Å². The third-order valence-corrected chi connectivity index (χ3v) is 7.22. The average Bonchev–Trinajstić information content (AvgIpc) is 3.56. The first kappa shape index (κ1) is 26.9. The number of likely N-dealkylation sites (N-methyl/N-ethyl adjacent to an activating group) is 2. The number of nitrogens with zero attached hydrogens (tertiary/aromatic N) is 5. The van der Waals surface area contributed by atoms with Crippen molar-refractivity contribution in [2.45, 2.75) is 6.92 Å². The minimum atomic E-state index is -0.242. The second-order valence-electron chi connectivity index (χ2n) is 10.3. The van der Waals surface area contributed by atoms with Crippen LogP contribution in [0.25, 0.3) is 44.7 Å². The Bertz CT molecular complexity index is 1680. The summed E-state index contributed by atoms with van der Waals surface area (Å²) in [6.45, 7) is 7.49. The predicted octanol–water partition coefficient (Wildman–Crippen LogP) is 5.73. The van der Waals surface area contributed by atoms with Crippen LogP contribution >= 0.6 is 0 Å². The normalized spacial score (nSPS) is 11.2. The van der Waals surface area contributed by atoms with Crippen molar-refractivity contribution < 1.29 is 4.79 Å². The van der Waals surface area contributed by atoms with Crippen LogP contribution in [0.4, 0.5) is 11.4 Å². The van der Waals surface area contributed by atoms with Crippen LogP contribution < -0.4 is 10.2 Å². The fourth-order valence-electron chi connectivity index (χ4n) is 4.84. The minimum Gasteiger partial charge on any atom is -0.373 e. The van der Waals surface area contributed by atoms with E-state index in [-0.39, 0.29) is 5.91 Å². The van der Waals surface area contributed by atoms with Crippen molar-refractivity contribution in [3.05, 3.63) is 85.2 Å². The molecule has 0 saturated heterocycles. The van der Waals surface area contributed by atoms with E-state index in [1.165, 1.54) is 6.08 Å². The van der Waals surface area contributed by atoms with Gasteiger partial charge in [-0.1, -0.05) is 30.8 Å². The molecule has 0 unspecified atom stereocenters. The number of aromatic amines is 1. The maximum absolute atomic E-state index is 12.2. The Labute approximate surface area is 235 Å². The van der Waals surface area contributed by atoms with E-state index >= 15 is 0 Å². The Morgan fingerprint density at radius 3 is 2.45 bits per heavy atom. The number of hydrogen-bond donors (Lipinski definition) is 2. The van der Waals surface area contributed by atoms with E-state index in [2.05, 4.69) is 89.3 Å². The molecule has 5 rings (SSSR count). The molecule has 2 N–H and O–H groups in total. The maximum Gasteiger partial charge on any atom is 0.247 e. The van der Waals surface area contributed by atoms with Gasteiger partial charge in [0.25, 0.3) is 0 Å². The number of rotatable bonds is 9. The third kappa shape index (κ3) is 5.39. The largest absolute Gasteiger partial charge is 0.373 e. The van der Waals surface area contributed by atoms with Crippen molar-refractivity contribution in [3.8, 4) is 33.6 Å².